The van der Waals surface area contributed by atoms with Gasteiger partial charge in [-0.15, -0.1) is 0 Å². The minimum absolute atomic E-state index is 0.0248. The van der Waals surface area contributed by atoms with E-state index in [1.807, 2.05) is 0 Å². The second-order valence-corrected chi connectivity index (χ2v) is 7.10. The van der Waals surface area contributed by atoms with Gasteiger partial charge in [-0.1, -0.05) is 0 Å². The van der Waals surface area contributed by atoms with Crippen LogP contribution in [0.5, 0.6) is 5.75 Å². The second-order valence-electron chi connectivity index (χ2n) is 5.05. The summed E-state index contributed by atoms with van der Waals surface area (Å²) in [6, 6.07) is 4.43. The summed E-state index contributed by atoms with van der Waals surface area (Å²) in [7, 11) is 1.02. The van der Waals surface area contributed by atoms with Crippen LogP contribution in [0, 0.1) is 6.92 Å². The van der Waals surface area contributed by atoms with Crippen LogP contribution in [0.1, 0.15) is 5.56 Å². The third-order valence-corrected chi connectivity index (χ3v) is 4.97. The van der Waals surface area contributed by atoms with Crippen molar-refractivity contribution in [1.29, 1.82) is 0 Å². The van der Waals surface area contributed by atoms with Crippen LogP contribution in [0.2, 0.25) is 0 Å². The summed E-state index contributed by atoms with van der Waals surface area (Å²) in [6.07, 6.45) is 0. The van der Waals surface area contributed by atoms with Crippen molar-refractivity contribution >= 4 is 15.9 Å². The standard InChI is InChI=1S/C14H22N2O5S/c1-11-9-12(22(19,20)16(4)7-8-17)5-6-13(11)21-10-14(18)15(2)3/h5-6,9,17H,7-8,10H2,1-4H3. The molecular weight excluding hydrogens is 308 g/mol. The van der Waals surface area contributed by atoms with Crippen molar-refractivity contribution in [2.75, 3.05) is 40.9 Å². The van der Waals surface area contributed by atoms with Gasteiger partial charge in [0.05, 0.1) is 11.5 Å². The van der Waals surface area contributed by atoms with Crippen molar-refractivity contribution in [3.63, 3.8) is 0 Å². The molecule has 0 radical (unpaired) electrons. The van der Waals surface area contributed by atoms with Crippen LogP contribution in [0.3, 0.4) is 0 Å². The molecule has 0 saturated carbocycles. The molecular formula is C14H22N2O5S. The molecule has 0 fully saturated rings. The Morgan fingerprint density at radius 3 is 2.41 bits per heavy atom. The Morgan fingerprint density at radius 1 is 1.27 bits per heavy atom. The number of amides is 1. The van der Waals surface area contributed by atoms with Crippen LogP contribution in [0.4, 0.5) is 0 Å². The van der Waals surface area contributed by atoms with E-state index >= 15 is 0 Å². The van der Waals surface area contributed by atoms with Crippen molar-refractivity contribution in [3.8, 4) is 5.75 Å². The SMILES string of the molecule is Cc1cc(S(=O)(=O)N(C)CCO)ccc1OCC(=O)N(C)C. The molecule has 1 amide bonds. The molecule has 0 saturated heterocycles. The quantitative estimate of drug-likeness (QED) is 0.765. The van der Waals surface area contributed by atoms with E-state index in [2.05, 4.69) is 0 Å². The Bertz CT molecular complexity index is 628. The lowest BCUT2D eigenvalue weighted by molar-refractivity contribution is -0.130. The molecule has 1 N–H and O–H groups in total. The van der Waals surface area contributed by atoms with Gasteiger partial charge in [-0.2, -0.15) is 4.31 Å². The third-order valence-electron chi connectivity index (χ3n) is 3.12. The number of carbonyl (C=O) groups is 1. The molecule has 0 aliphatic carbocycles. The Morgan fingerprint density at radius 2 is 1.91 bits per heavy atom. The summed E-state index contributed by atoms with van der Waals surface area (Å²) >= 11 is 0. The van der Waals surface area contributed by atoms with E-state index in [1.165, 1.54) is 30.1 Å². The molecule has 1 aromatic carbocycles. The Hall–Kier alpha value is -1.64. The first-order valence-corrected chi connectivity index (χ1v) is 8.15. The maximum Gasteiger partial charge on any atom is 0.259 e. The van der Waals surface area contributed by atoms with Gasteiger partial charge in [0, 0.05) is 27.7 Å². The predicted octanol–water partition coefficient (Wildman–Crippen LogP) is 0.0748. The number of benzene rings is 1. The van der Waals surface area contributed by atoms with Gasteiger partial charge >= 0.3 is 0 Å². The second kappa shape index (κ2) is 7.57. The largest absolute Gasteiger partial charge is 0.483 e. The van der Waals surface area contributed by atoms with Crippen LogP contribution < -0.4 is 4.74 Å². The first-order valence-electron chi connectivity index (χ1n) is 6.71. The zero-order chi connectivity index (χ0) is 16.9. The smallest absolute Gasteiger partial charge is 0.259 e. The molecule has 0 atom stereocenters. The summed E-state index contributed by atoms with van der Waals surface area (Å²) in [4.78, 5) is 13.0. The van der Waals surface area contributed by atoms with Crippen LogP contribution in [0.15, 0.2) is 23.1 Å². The summed E-state index contributed by atoms with van der Waals surface area (Å²) in [5.74, 6) is 0.276. The van der Waals surface area contributed by atoms with Crippen molar-refractivity contribution in [2.24, 2.45) is 0 Å². The van der Waals surface area contributed by atoms with Gasteiger partial charge in [0.1, 0.15) is 5.75 Å². The van der Waals surface area contributed by atoms with Crippen LogP contribution >= 0.6 is 0 Å². The maximum absolute atomic E-state index is 12.3. The molecule has 1 aromatic rings. The molecule has 0 unspecified atom stereocenters. The zero-order valence-electron chi connectivity index (χ0n) is 13.2. The Labute approximate surface area is 131 Å². The van der Waals surface area contributed by atoms with Gasteiger partial charge in [0.15, 0.2) is 6.61 Å². The Kier molecular flexibility index (Phi) is 6.34. The van der Waals surface area contributed by atoms with Crippen molar-refractivity contribution in [3.05, 3.63) is 23.8 Å². The van der Waals surface area contributed by atoms with Crippen LogP contribution in [-0.4, -0.2) is 69.5 Å². The fourth-order valence-electron chi connectivity index (χ4n) is 1.65. The number of hydrogen-bond donors (Lipinski definition) is 1. The van der Waals surface area contributed by atoms with Crippen molar-refractivity contribution in [2.45, 2.75) is 11.8 Å². The fourth-order valence-corrected chi connectivity index (χ4v) is 2.90. The molecule has 0 aliphatic rings. The molecule has 1 rings (SSSR count). The van der Waals surface area contributed by atoms with E-state index in [4.69, 9.17) is 9.84 Å². The first kappa shape index (κ1) is 18.4. The molecule has 0 spiro atoms. The summed E-state index contributed by atoms with van der Waals surface area (Å²) < 4.78 is 31.0. The normalized spacial score (nSPS) is 11.5. The number of hydrogen-bond acceptors (Lipinski definition) is 5. The molecule has 8 heteroatoms. The van der Waals surface area contributed by atoms with Gasteiger partial charge in [-0.05, 0) is 30.7 Å². The monoisotopic (exact) mass is 330 g/mol. The van der Waals surface area contributed by atoms with Gasteiger partial charge in [0.25, 0.3) is 5.91 Å². The van der Waals surface area contributed by atoms with Gasteiger partial charge in [-0.3, -0.25) is 4.79 Å². The molecule has 124 valence electrons. The molecule has 7 nitrogen and oxygen atoms in total. The summed E-state index contributed by atoms with van der Waals surface area (Å²) in [5.41, 5.74) is 0.616. The average Bonchev–Trinajstić information content (AvgIpc) is 2.45. The average molecular weight is 330 g/mol. The minimum atomic E-state index is -3.64. The lowest BCUT2D eigenvalue weighted by Crippen LogP contribution is -2.29. The van der Waals surface area contributed by atoms with Gasteiger partial charge in [-0.25, -0.2) is 8.42 Å². The lowest BCUT2D eigenvalue weighted by Gasteiger charge is -2.17. The summed E-state index contributed by atoms with van der Waals surface area (Å²) in [6.45, 7) is 1.38. The van der Waals surface area contributed by atoms with Crippen molar-refractivity contribution < 1.29 is 23.1 Å². The van der Waals surface area contributed by atoms with E-state index in [0.29, 0.717) is 11.3 Å². The van der Waals surface area contributed by atoms with E-state index in [-0.39, 0.29) is 30.6 Å². The van der Waals surface area contributed by atoms with Crippen molar-refractivity contribution in [1.82, 2.24) is 9.21 Å². The third kappa shape index (κ3) is 4.43. The zero-order valence-corrected chi connectivity index (χ0v) is 14.1. The summed E-state index contributed by atoms with van der Waals surface area (Å²) in [5, 5.41) is 8.85. The Balaban J connectivity index is 2.92. The predicted molar refractivity (Wildman–Crippen MR) is 82.3 cm³/mol. The highest BCUT2D eigenvalue weighted by Gasteiger charge is 2.21. The first-order chi connectivity index (χ1) is 10.2. The maximum atomic E-state index is 12.3. The van der Waals surface area contributed by atoms with E-state index in [9.17, 15) is 13.2 Å². The number of aliphatic hydroxyl groups excluding tert-OH is 1. The van der Waals surface area contributed by atoms with Crippen LogP contribution in [0.25, 0.3) is 0 Å². The van der Waals surface area contributed by atoms with Gasteiger partial charge < -0.3 is 14.7 Å². The molecule has 0 aliphatic heterocycles. The lowest BCUT2D eigenvalue weighted by atomic mass is 10.2. The number of ether oxygens (including phenoxy) is 1. The molecule has 0 aromatic heterocycles. The van der Waals surface area contributed by atoms with Gasteiger partial charge in [0.2, 0.25) is 10.0 Å². The molecule has 0 bridgehead atoms. The number of sulfonamides is 1. The minimum Gasteiger partial charge on any atom is -0.483 e. The fraction of sp³-hybridized carbons (Fsp3) is 0.500. The van der Waals surface area contributed by atoms with E-state index in [0.717, 1.165) is 4.31 Å². The number of rotatable bonds is 7. The number of nitrogens with zero attached hydrogens (tertiary/aromatic N) is 2. The van der Waals surface area contributed by atoms with E-state index < -0.39 is 10.0 Å². The highest BCUT2D eigenvalue weighted by molar-refractivity contribution is 7.89. The number of carbonyl (C=O) groups excluding carboxylic acids is 1. The number of likely N-dealkylation sites (N-methyl/N-ethyl adjacent to an activating group) is 2. The molecule has 22 heavy (non-hydrogen) atoms. The highest BCUT2D eigenvalue weighted by Crippen LogP contribution is 2.23. The van der Waals surface area contributed by atoms with E-state index in [1.54, 1.807) is 21.0 Å². The topological polar surface area (TPSA) is 87.1 Å². The molecule has 0 heterocycles. The van der Waals surface area contributed by atoms with Crippen LogP contribution in [-0.2, 0) is 14.8 Å². The number of aliphatic hydroxyl groups is 1. The highest BCUT2D eigenvalue weighted by atomic mass is 32.2. The number of aryl methyl sites for hydroxylation is 1.